The zero-order chi connectivity index (χ0) is 13.4. The fourth-order valence-electron chi connectivity index (χ4n) is 2.37. The molecule has 0 radical (unpaired) electrons. The minimum atomic E-state index is 0.536. The molecule has 7 heteroatoms. The highest BCUT2D eigenvalue weighted by molar-refractivity contribution is 5.57. The van der Waals surface area contributed by atoms with E-state index < -0.39 is 0 Å². The standard InChI is InChI=1S/C13H14N6O/c1-2-11-15-5-8-19(11)9-10(1)12-16-13(17-20-12)18-6-3-14-4-7-18/h1-2,5,8-9,14H,3-4,6-7H2. The molecule has 0 aromatic carbocycles. The Bertz CT molecular complexity index is 727. The third kappa shape index (κ3) is 1.92. The van der Waals surface area contributed by atoms with E-state index in [1.54, 1.807) is 6.20 Å². The summed E-state index contributed by atoms with van der Waals surface area (Å²) in [5.41, 5.74) is 1.79. The van der Waals surface area contributed by atoms with Crippen molar-refractivity contribution in [2.45, 2.75) is 0 Å². The van der Waals surface area contributed by atoms with Crippen LogP contribution >= 0.6 is 0 Å². The molecule has 0 atom stereocenters. The molecule has 0 spiro atoms. The fraction of sp³-hybridized carbons (Fsp3) is 0.308. The zero-order valence-electron chi connectivity index (χ0n) is 10.9. The Labute approximate surface area is 115 Å². The van der Waals surface area contributed by atoms with Crippen molar-refractivity contribution in [3.63, 3.8) is 0 Å². The van der Waals surface area contributed by atoms with Crippen LogP contribution in [0, 0.1) is 0 Å². The van der Waals surface area contributed by atoms with Crippen LogP contribution in [0.4, 0.5) is 5.95 Å². The Morgan fingerprint density at radius 2 is 2.10 bits per heavy atom. The average Bonchev–Trinajstić information content (AvgIpc) is 3.16. The summed E-state index contributed by atoms with van der Waals surface area (Å²) in [5.74, 6) is 1.20. The first kappa shape index (κ1) is 11.4. The normalized spacial score (nSPS) is 15.9. The highest BCUT2D eigenvalue weighted by Crippen LogP contribution is 2.20. The molecule has 0 unspecified atom stereocenters. The minimum Gasteiger partial charge on any atom is -0.336 e. The first-order chi connectivity index (χ1) is 9.90. The predicted molar refractivity (Wildman–Crippen MR) is 73.6 cm³/mol. The topological polar surface area (TPSA) is 71.5 Å². The summed E-state index contributed by atoms with van der Waals surface area (Å²) < 4.78 is 7.31. The number of hydrogen-bond donors (Lipinski definition) is 1. The molecule has 7 nitrogen and oxygen atoms in total. The van der Waals surface area contributed by atoms with Crippen LogP contribution in [0.15, 0.2) is 35.2 Å². The highest BCUT2D eigenvalue weighted by atomic mass is 16.5. The smallest absolute Gasteiger partial charge is 0.266 e. The van der Waals surface area contributed by atoms with E-state index in [9.17, 15) is 0 Å². The molecule has 3 aromatic heterocycles. The van der Waals surface area contributed by atoms with Gasteiger partial charge in [0.05, 0.1) is 5.56 Å². The molecule has 4 rings (SSSR count). The van der Waals surface area contributed by atoms with Crippen molar-refractivity contribution in [3.05, 3.63) is 30.7 Å². The van der Waals surface area contributed by atoms with E-state index in [4.69, 9.17) is 4.52 Å². The molecule has 0 aliphatic carbocycles. The van der Waals surface area contributed by atoms with E-state index in [0.29, 0.717) is 11.8 Å². The van der Waals surface area contributed by atoms with Gasteiger partial charge in [-0.15, -0.1) is 0 Å². The Hall–Kier alpha value is -2.41. The van der Waals surface area contributed by atoms with Crippen molar-refractivity contribution in [2.24, 2.45) is 0 Å². The molecule has 1 aliphatic rings. The quantitative estimate of drug-likeness (QED) is 0.742. The van der Waals surface area contributed by atoms with Gasteiger partial charge in [0.15, 0.2) is 0 Å². The van der Waals surface area contributed by atoms with Crippen LogP contribution in [0.25, 0.3) is 17.1 Å². The van der Waals surface area contributed by atoms with Crippen molar-refractivity contribution in [1.29, 1.82) is 0 Å². The second-order valence-electron chi connectivity index (χ2n) is 4.75. The lowest BCUT2D eigenvalue weighted by molar-refractivity contribution is 0.427. The van der Waals surface area contributed by atoms with Crippen molar-refractivity contribution in [3.8, 4) is 11.5 Å². The second kappa shape index (κ2) is 4.61. The van der Waals surface area contributed by atoms with E-state index in [2.05, 4.69) is 25.3 Å². The number of aromatic nitrogens is 4. The summed E-state index contributed by atoms with van der Waals surface area (Å²) >= 11 is 0. The van der Waals surface area contributed by atoms with Crippen molar-refractivity contribution in [1.82, 2.24) is 24.8 Å². The summed E-state index contributed by atoms with van der Waals surface area (Å²) in [6, 6.07) is 3.88. The van der Waals surface area contributed by atoms with Gasteiger partial charge < -0.3 is 19.1 Å². The average molecular weight is 270 g/mol. The Morgan fingerprint density at radius 3 is 3.00 bits per heavy atom. The van der Waals surface area contributed by atoms with Crippen LogP contribution in [-0.4, -0.2) is 45.7 Å². The Kier molecular flexibility index (Phi) is 2.63. The fourth-order valence-corrected chi connectivity index (χ4v) is 2.37. The van der Waals surface area contributed by atoms with Gasteiger partial charge in [0.1, 0.15) is 5.65 Å². The van der Waals surface area contributed by atoms with Crippen molar-refractivity contribution in [2.75, 3.05) is 31.1 Å². The maximum Gasteiger partial charge on any atom is 0.266 e. The van der Waals surface area contributed by atoms with Gasteiger partial charge in [-0.1, -0.05) is 0 Å². The molecule has 1 fully saturated rings. The molecule has 0 saturated carbocycles. The number of anilines is 1. The van der Waals surface area contributed by atoms with Crippen molar-refractivity contribution >= 4 is 11.6 Å². The van der Waals surface area contributed by atoms with Crippen LogP contribution in [0.5, 0.6) is 0 Å². The molecular formula is C13H14N6O. The zero-order valence-corrected chi connectivity index (χ0v) is 10.9. The lowest BCUT2D eigenvalue weighted by Gasteiger charge is -2.25. The molecule has 3 aromatic rings. The molecule has 102 valence electrons. The van der Waals surface area contributed by atoms with Crippen LogP contribution in [-0.2, 0) is 0 Å². The first-order valence-corrected chi connectivity index (χ1v) is 6.63. The number of imidazole rings is 1. The number of pyridine rings is 1. The van der Waals surface area contributed by atoms with Crippen LogP contribution < -0.4 is 10.2 Å². The molecule has 4 heterocycles. The SMILES string of the molecule is c1cn2cc(-c3nc(N4CCNCC4)no3)ccc2n1. The summed E-state index contributed by atoms with van der Waals surface area (Å²) in [5, 5.41) is 7.37. The summed E-state index contributed by atoms with van der Waals surface area (Å²) in [7, 11) is 0. The van der Waals surface area contributed by atoms with E-state index in [1.165, 1.54) is 0 Å². The van der Waals surface area contributed by atoms with Gasteiger partial charge in [-0.2, -0.15) is 4.98 Å². The van der Waals surface area contributed by atoms with Crippen LogP contribution in [0.3, 0.4) is 0 Å². The molecule has 0 bridgehead atoms. The van der Waals surface area contributed by atoms with Gasteiger partial charge in [-0.25, -0.2) is 4.98 Å². The van der Waals surface area contributed by atoms with Crippen molar-refractivity contribution < 1.29 is 4.52 Å². The van der Waals surface area contributed by atoms with Crippen LogP contribution in [0.1, 0.15) is 0 Å². The number of piperazine rings is 1. The van der Waals surface area contributed by atoms with Gasteiger partial charge in [-0.3, -0.25) is 0 Å². The predicted octanol–water partition coefficient (Wildman–Crippen LogP) is 0.794. The molecular weight excluding hydrogens is 256 g/mol. The summed E-state index contributed by atoms with van der Waals surface area (Å²) in [4.78, 5) is 10.8. The van der Waals surface area contributed by atoms with E-state index in [1.807, 2.05) is 28.9 Å². The van der Waals surface area contributed by atoms with Gasteiger partial charge in [0.2, 0.25) is 0 Å². The maximum atomic E-state index is 5.37. The van der Waals surface area contributed by atoms with E-state index >= 15 is 0 Å². The van der Waals surface area contributed by atoms with Gasteiger partial charge >= 0.3 is 0 Å². The molecule has 0 amide bonds. The number of nitrogens with one attached hydrogen (secondary N) is 1. The third-order valence-corrected chi connectivity index (χ3v) is 3.45. The summed E-state index contributed by atoms with van der Waals surface area (Å²) in [6.07, 6.45) is 5.60. The third-order valence-electron chi connectivity index (χ3n) is 3.45. The molecule has 20 heavy (non-hydrogen) atoms. The molecule has 1 aliphatic heterocycles. The van der Waals surface area contributed by atoms with Gasteiger partial charge in [0, 0.05) is 44.8 Å². The maximum absolute atomic E-state index is 5.37. The Balaban J connectivity index is 1.66. The van der Waals surface area contributed by atoms with E-state index in [-0.39, 0.29) is 0 Å². The lowest BCUT2D eigenvalue weighted by Crippen LogP contribution is -2.44. The number of fused-ring (bicyclic) bond motifs is 1. The van der Waals surface area contributed by atoms with Crippen LogP contribution in [0.2, 0.25) is 0 Å². The van der Waals surface area contributed by atoms with E-state index in [0.717, 1.165) is 37.4 Å². The highest BCUT2D eigenvalue weighted by Gasteiger charge is 2.17. The lowest BCUT2D eigenvalue weighted by atomic mass is 10.3. The Morgan fingerprint density at radius 1 is 1.20 bits per heavy atom. The second-order valence-corrected chi connectivity index (χ2v) is 4.75. The van der Waals surface area contributed by atoms with Gasteiger partial charge in [0.25, 0.3) is 11.8 Å². The monoisotopic (exact) mass is 270 g/mol. The number of rotatable bonds is 2. The molecule has 1 N–H and O–H groups in total. The number of hydrogen-bond acceptors (Lipinski definition) is 6. The first-order valence-electron chi connectivity index (χ1n) is 6.63. The summed E-state index contributed by atoms with van der Waals surface area (Å²) in [6.45, 7) is 3.70. The number of nitrogens with zero attached hydrogens (tertiary/aromatic N) is 5. The minimum absolute atomic E-state index is 0.536. The van der Waals surface area contributed by atoms with Gasteiger partial charge in [-0.05, 0) is 17.3 Å². The largest absolute Gasteiger partial charge is 0.336 e. The molecule has 1 saturated heterocycles.